The number of nitrogens with one attached hydrogen (secondary N) is 1. The number of aromatic nitrogens is 1. The summed E-state index contributed by atoms with van der Waals surface area (Å²) in [6.45, 7) is 9.37. The molecule has 0 spiro atoms. The largest absolute Gasteiger partial charge is 0.494 e. The van der Waals surface area contributed by atoms with Crippen molar-refractivity contribution in [2.24, 2.45) is 29.1 Å². The molecule has 2 aromatic rings. The molecule has 54 heavy (non-hydrogen) atoms. The Labute approximate surface area is 322 Å². The van der Waals surface area contributed by atoms with Crippen LogP contribution in [-0.2, 0) is 33.9 Å². The highest BCUT2D eigenvalue weighted by Gasteiger charge is 2.61. The Hall–Kier alpha value is -3.71. The molecular weight excluding hydrogens is 734 g/mol. The number of pyridine rings is 1. The topological polar surface area (TPSA) is 158 Å². The van der Waals surface area contributed by atoms with E-state index in [1.807, 2.05) is 19.1 Å². The number of nitrogens with zero attached hydrogens (tertiary/aromatic N) is 2. The van der Waals surface area contributed by atoms with Gasteiger partial charge in [0.15, 0.2) is 5.78 Å². The van der Waals surface area contributed by atoms with Crippen molar-refractivity contribution in [2.75, 3.05) is 13.7 Å². The summed E-state index contributed by atoms with van der Waals surface area (Å²) in [4.78, 5) is 62.5. The number of sulfonamides is 1. The number of methoxy groups -OCH3 is 1. The second-order valence-electron chi connectivity index (χ2n) is 16.7. The van der Waals surface area contributed by atoms with Gasteiger partial charge in [0.25, 0.3) is 0 Å². The highest BCUT2D eigenvalue weighted by atomic mass is 35.5. The van der Waals surface area contributed by atoms with Crippen LogP contribution in [0.1, 0.15) is 92.4 Å². The third-order valence-electron chi connectivity index (χ3n) is 11.3. The number of amides is 2. The Morgan fingerprint density at radius 3 is 2.52 bits per heavy atom. The number of esters is 1. The molecule has 12 nitrogen and oxygen atoms in total. The summed E-state index contributed by atoms with van der Waals surface area (Å²) < 4.78 is 45.8. The minimum absolute atomic E-state index is 0.0260. The Bertz CT molecular complexity index is 1940. The third kappa shape index (κ3) is 8.72. The first-order chi connectivity index (χ1) is 25.4. The van der Waals surface area contributed by atoms with Gasteiger partial charge in [-0.25, -0.2) is 13.4 Å². The molecule has 3 fully saturated rings. The minimum atomic E-state index is -3.86. The third-order valence-corrected chi connectivity index (χ3v) is 13.4. The van der Waals surface area contributed by atoms with E-state index in [0.717, 1.165) is 12.8 Å². The first-order valence-corrected chi connectivity index (χ1v) is 20.9. The summed E-state index contributed by atoms with van der Waals surface area (Å²) in [5.74, 6) is -2.39. The van der Waals surface area contributed by atoms with Crippen molar-refractivity contribution >= 4 is 56.0 Å². The molecule has 14 heteroatoms. The van der Waals surface area contributed by atoms with Crippen molar-refractivity contribution in [1.29, 1.82) is 0 Å². The van der Waals surface area contributed by atoms with Crippen molar-refractivity contribution in [3.8, 4) is 11.6 Å². The molecule has 1 N–H and O–H groups in total. The molecule has 294 valence electrons. The monoisotopic (exact) mass is 785 g/mol. The van der Waals surface area contributed by atoms with E-state index >= 15 is 0 Å². The maximum atomic E-state index is 14.8. The Kier molecular flexibility index (Phi) is 11.4. The van der Waals surface area contributed by atoms with Crippen LogP contribution < -0.4 is 14.2 Å². The van der Waals surface area contributed by atoms with Crippen molar-refractivity contribution < 1.29 is 41.8 Å². The van der Waals surface area contributed by atoms with Gasteiger partial charge in [-0.05, 0) is 82.8 Å². The lowest BCUT2D eigenvalue weighted by molar-refractivity contribution is -0.159. The van der Waals surface area contributed by atoms with Crippen LogP contribution in [0.15, 0.2) is 36.5 Å². The van der Waals surface area contributed by atoms with E-state index in [1.54, 1.807) is 39.0 Å². The number of rotatable bonds is 8. The zero-order valence-electron chi connectivity index (χ0n) is 31.9. The Balaban J connectivity index is 1.35. The maximum Gasteiger partial charge on any atom is 0.307 e. The highest BCUT2D eigenvalue weighted by Crippen LogP contribution is 2.57. The van der Waals surface area contributed by atoms with E-state index in [4.69, 9.17) is 25.8 Å². The van der Waals surface area contributed by atoms with E-state index in [2.05, 4.69) is 16.6 Å². The van der Waals surface area contributed by atoms with E-state index < -0.39 is 56.2 Å². The minimum Gasteiger partial charge on any atom is -0.494 e. The number of ketones is 1. The van der Waals surface area contributed by atoms with Gasteiger partial charge in [-0.15, -0.1) is 0 Å². The molecule has 2 saturated carbocycles. The second kappa shape index (κ2) is 15.4. The fourth-order valence-electron chi connectivity index (χ4n) is 7.98. The smallest absolute Gasteiger partial charge is 0.307 e. The number of hydrogen-bond acceptors (Lipinski definition) is 10. The van der Waals surface area contributed by atoms with Crippen LogP contribution in [0.3, 0.4) is 0 Å². The predicted octanol–water partition coefficient (Wildman–Crippen LogP) is 6.18. The number of hydrogen-bond donors (Lipinski definition) is 1. The van der Waals surface area contributed by atoms with Gasteiger partial charge in [0.05, 0.1) is 53.9 Å². The van der Waals surface area contributed by atoms with Gasteiger partial charge in [-0.2, -0.15) is 0 Å². The number of halogens is 1. The van der Waals surface area contributed by atoms with Crippen LogP contribution >= 0.6 is 11.6 Å². The lowest BCUT2D eigenvalue weighted by Gasteiger charge is -2.32. The van der Waals surface area contributed by atoms with Crippen LogP contribution in [0.4, 0.5) is 0 Å². The summed E-state index contributed by atoms with van der Waals surface area (Å²) in [7, 11) is -2.35. The number of Topliss-reactive ketones (excluding diaryl/α,β-unsaturated/α-hetero) is 1. The molecule has 0 unspecified atom stereocenters. The average molecular weight is 786 g/mol. The number of carbonyl (C=O) groups is 4. The second-order valence-corrected chi connectivity index (χ2v) is 19.1. The van der Waals surface area contributed by atoms with Crippen LogP contribution in [0, 0.1) is 29.1 Å². The molecular formula is C40H52ClN3O9S. The molecule has 7 atom stereocenters. The summed E-state index contributed by atoms with van der Waals surface area (Å²) in [5.41, 5.74) is -2.02. The first kappa shape index (κ1) is 40.0. The molecule has 1 saturated heterocycles. The number of benzene rings is 1. The van der Waals surface area contributed by atoms with Gasteiger partial charge in [0.2, 0.25) is 27.7 Å². The zero-order valence-corrected chi connectivity index (χ0v) is 33.5. The lowest BCUT2D eigenvalue weighted by Crippen LogP contribution is -2.47. The molecule has 4 aliphatic rings. The molecule has 1 aromatic carbocycles. The molecule has 2 aliphatic carbocycles. The number of carbonyl (C=O) groups excluding carboxylic acids is 4. The van der Waals surface area contributed by atoms with Crippen molar-refractivity contribution in [2.45, 2.75) is 115 Å². The Morgan fingerprint density at radius 2 is 1.83 bits per heavy atom. The first-order valence-electron chi connectivity index (χ1n) is 19.0. The Morgan fingerprint density at radius 1 is 1.09 bits per heavy atom. The molecule has 0 radical (unpaired) electrons. The van der Waals surface area contributed by atoms with Gasteiger partial charge in [0.1, 0.15) is 17.5 Å². The summed E-state index contributed by atoms with van der Waals surface area (Å²) in [6.07, 6.45) is 8.05. The fraction of sp³-hybridized carbons (Fsp3) is 0.625. The number of fused-ring (bicyclic) bond motifs is 3. The van der Waals surface area contributed by atoms with Crippen LogP contribution in [0.2, 0.25) is 5.02 Å². The summed E-state index contributed by atoms with van der Waals surface area (Å²) in [5, 5.41) is 1.03. The van der Waals surface area contributed by atoms with Crippen molar-refractivity contribution in [1.82, 2.24) is 14.6 Å². The van der Waals surface area contributed by atoms with E-state index in [0.29, 0.717) is 47.2 Å². The van der Waals surface area contributed by atoms with Crippen molar-refractivity contribution in [3.63, 3.8) is 0 Å². The molecule has 1 aromatic heterocycles. The van der Waals surface area contributed by atoms with Gasteiger partial charge >= 0.3 is 5.97 Å². The number of ether oxygens (including phenoxy) is 3. The normalized spacial score (nSPS) is 30.0. The van der Waals surface area contributed by atoms with E-state index in [9.17, 15) is 27.6 Å². The maximum absolute atomic E-state index is 14.8. The lowest BCUT2D eigenvalue weighted by atomic mass is 9.84. The van der Waals surface area contributed by atoms with Crippen LogP contribution in [0.5, 0.6) is 11.6 Å². The quantitative estimate of drug-likeness (QED) is 0.242. The summed E-state index contributed by atoms with van der Waals surface area (Å²) >= 11 is 6.56. The molecule has 3 heterocycles. The van der Waals surface area contributed by atoms with Crippen molar-refractivity contribution in [3.05, 3.63) is 41.6 Å². The molecule has 2 aliphatic heterocycles. The van der Waals surface area contributed by atoms with Gasteiger partial charge < -0.3 is 19.1 Å². The van der Waals surface area contributed by atoms with E-state index in [1.165, 1.54) is 18.2 Å². The van der Waals surface area contributed by atoms with E-state index in [-0.39, 0.29) is 61.1 Å². The van der Waals surface area contributed by atoms with Crippen LogP contribution in [-0.4, -0.2) is 78.5 Å². The van der Waals surface area contributed by atoms with Gasteiger partial charge in [-0.1, -0.05) is 50.1 Å². The SMILES string of the molecule is COc1cnc(O[C@@H]2C[C@H]3C(=O)C[C@]4(C(=O)NS(=O)(=O)C5CC5)C[C@H]4/C=C\[C@H](C)CCC[C@@H](C)[C@H](CC(=O)OC(C)(C)C)C(=O)N3C2)c2cccc(Cl)c12. The zero-order chi connectivity index (χ0) is 39.2. The standard InChI is InChI=1S/C40H52ClN3O9S/c1-23-9-7-10-24(2)29(18-34(46)53-39(3,4)5)37(47)44-22-26(52-36-28-11-8-12-30(41)35(28)33(51-6)21-42-36)17-31(44)32(45)20-40(19-25(40)14-13-23)38(48)43-54(49,50)27-15-16-27/h8,11-14,21,23-27,29,31H,7,9-10,15-20,22H2,1-6H3,(H,43,48)/b14-13-/t23-,24-,25-,26-,29+,31+,40-/m1/s1. The van der Waals surface area contributed by atoms with Gasteiger partial charge in [-0.3, -0.25) is 23.9 Å². The van der Waals surface area contributed by atoms with Crippen LogP contribution in [0.25, 0.3) is 10.8 Å². The molecule has 6 rings (SSSR count). The molecule has 2 amide bonds. The predicted molar refractivity (Wildman–Crippen MR) is 203 cm³/mol. The fourth-order valence-corrected chi connectivity index (χ4v) is 9.64. The average Bonchev–Trinajstić information content (AvgIpc) is 4.02. The number of allylic oxidation sites excluding steroid dienone is 2. The highest BCUT2D eigenvalue weighted by molar-refractivity contribution is 7.90. The summed E-state index contributed by atoms with van der Waals surface area (Å²) in [6, 6.07) is 4.30. The van der Waals surface area contributed by atoms with Gasteiger partial charge in [0, 0.05) is 23.6 Å². The molecule has 0 bridgehead atoms.